The zero-order valence-electron chi connectivity index (χ0n) is 11.3. The number of nitrogens with zero attached hydrogens (tertiary/aromatic N) is 4. The normalized spacial score (nSPS) is 14.9. The second-order valence-electron chi connectivity index (χ2n) is 4.89. The molecule has 0 radical (unpaired) electrons. The van der Waals surface area contributed by atoms with E-state index in [0.29, 0.717) is 13.1 Å². The van der Waals surface area contributed by atoms with E-state index in [9.17, 15) is 4.79 Å². The molecule has 1 aliphatic rings. The fourth-order valence-corrected chi connectivity index (χ4v) is 2.19. The highest BCUT2D eigenvalue weighted by atomic mass is 16.5. The van der Waals surface area contributed by atoms with Crippen LogP contribution in [0.1, 0.15) is 11.6 Å². The standard InChI is InChI=1S/C14H16N4O2/c1-11-4-2-3-5-13(11)20-10-14(19)17-8-12(9-17)18-7-6-15-16-18/h2-7,12H,8-10H2,1H3. The largest absolute Gasteiger partial charge is 0.484 e. The quantitative estimate of drug-likeness (QED) is 0.834. The molecule has 0 atom stereocenters. The molecule has 0 bridgehead atoms. The molecule has 0 N–H and O–H groups in total. The van der Waals surface area contributed by atoms with Gasteiger partial charge in [0.1, 0.15) is 5.75 Å². The molecule has 1 fully saturated rings. The first-order valence-electron chi connectivity index (χ1n) is 6.56. The van der Waals surface area contributed by atoms with E-state index in [1.807, 2.05) is 37.4 Å². The summed E-state index contributed by atoms with van der Waals surface area (Å²) in [5.74, 6) is 0.763. The number of hydrogen-bond acceptors (Lipinski definition) is 4. The molecular weight excluding hydrogens is 256 g/mol. The molecule has 1 saturated heterocycles. The van der Waals surface area contributed by atoms with Gasteiger partial charge < -0.3 is 9.64 Å². The lowest BCUT2D eigenvalue weighted by Gasteiger charge is -2.38. The Morgan fingerprint density at radius 3 is 2.90 bits per heavy atom. The third kappa shape index (κ3) is 2.49. The van der Waals surface area contributed by atoms with Gasteiger partial charge in [0.05, 0.1) is 12.2 Å². The van der Waals surface area contributed by atoms with Crippen LogP contribution in [0.15, 0.2) is 36.7 Å². The molecule has 0 saturated carbocycles. The highest BCUT2D eigenvalue weighted by Gasteiger charge is 2.32. The Kier molecular flexibility index (Phi) is 3.37. The Hall–Kier alpha value is -2.37. The number of para-hydroxylation sites is 1. The average molecular weight is 272 g/mol. The molecule has 104 valence electrons. The van der Waals surface area contributed by atoms with Crippen LogP contribution in [-0.4, -0.2) is 45.5 Å². The van der Waals surface area contributed by atoms with E-state index in [2.05, 4.69) is 10.3 Å². The van der Waals surface area contributed by atoms with Crippen molar-refractivity contribution < 1.29 is 9.53 Å². The third-order valence-electron chi connectivity index (χ3n) is 3.47. The Morgan fingerprint density at radius 2 is 2.20 bits per heavy atom. The van der Waals surface area contributed by atoms with Crippen molar-refractivity contribution in [1.82, 2.24) is 19.9 Å². The molecule has 0 aliphatic carbocycles. The highest BCUT2D eigenvalue weighted by Crippen LogP contribution is 2.21. The maximum Gasteiger partial charge on any atom is 0.260 e. The van der Waals surface area contributed by atoms with Gasteiger partial charge >= 0.3 is 0 Å². The SMILES string of the molecule is Cc1ccccc1OCC(=O)N1CC(n2ccnn2)C1. The highest BCUT2D eigenvalue weighted by molar-refractivity contribution is 5.78. The van der Waals surface area contributed by atoms with E-state index >= 15 is 0 Å². The maximum atomic E-state index is 12.0. The lowest BCUT2D eigenvalue weighted by atomic mass is 10.1. The van der Waals surface area contributed by atoms with Crippen LogP contribution in [0, 0.1) is 6.92 Å². The van der Waals surface area contributed by atoms with E-state index in [1.54, 1.807) is 15.8 Å². The van der Waals surface area contributed by atoms with Gasteiger partial charge in [0.2, 0.25) is 0 Å². The summed E-state index contributed by atoms with van der Waals surface area (Å²) in [6.45, 7) is 3.37. The van der Waals surface area contributed by atoms with Crippen LogP contribution in [0.5, 0.6) is 5.75 Å². The molecule has 2 aromatic rings. The van der Waals surface area contributed by atoms with Crippen molar-refractivity contribution >= 4 is 5.91 Å². The van der Waals surface area contributed by atoms with Gasteiger partial charge in [-0.1, -0.05) is 23.4 Å². The summed E-state index contributed by atoms with van der Waals surface area (Å²) in [5.41, 5.74) is 1.03. The number of hydrogen-bond donors (Lipinski definition) is 0. The fraction of sp³-hybridized carbons (Fsp3) is 0.357. The van der Waals surface area contributed by atoms with Crippen molar-refractivity contribution in [2.45, 2.75) is 13.0 Å². The van der Waals surface area contributed by atoms with Gasteiger partial charge in [-0.25, -0.2) is 4.68 Å². The van der Waals surface area contributed by atoms with E-state index < -0.39 is 0 Å². The number of rotatable bonds is 4. The molecule has 0 spiro atoms. The van der Waals surface area contributed by atoms with Crippen LogP contribution < -0.4 is 4.74 Å². The van der Waals surface area contributed by atoms with Crippen molar-refractivity contribution in [2.75, 3.05) is 19.7 Å². The van der Waals surface area contributed by atoms with Crippen molar-refractivity contribution in [3.63, 3.8) is 0 Å². The second kappa shape index (κ2) is 5.32. The number of aryl methyl sites for hydroxylation is 1. The average Bonchev–Trinajstić information content (AvgIpc) is 2.90. The van der Waals surface area contributed by atoms with Crippen LogP contribution in [-0.2, 0) is 4.79 Å². The Labute approximate surface area is 117 Å². The van der Waals surface area contributed by atoms with Crippen LogP contribution in [0.2, 0.25) is 0 Å². The summed E-state index contributed by atoms with van der Waals surface area (Å²) in [6, 6.07) is 7.92. The minimum atomic E-state index is 0.00428. The van der Waals surface area contributed by atoms with Crippen molar-refractivity contribution in [1.29, 1.82) is 0 Å². The number of ether oxygens (including phenoxy) is 1. The number of likely N-dealkylation sites (tertiary alicyclic amines) is 1. The number of aromatic nitrogens is 3. The lowest BCUT2D eigenvalue weighted by Crippen LogP contribution is -2.52. The summed E-state index contributed by atoms with van der Waals surface area (Å²) >= 11 is 0. The van der Waals surface area contributed by atoms with Gasteiger partial charge in [0.15, 0.2) is 6.61 Å². The zero-order valence-corrected chi connectivity index (χ0v) is 11.3. The van der Waals surface area contributed by atoms with Crippen LogP contribution in [0.3, 0.4) is 0 Å². The minimum Gasteiger partial charge on any atom is -0.484 e. The lowest BCUT2D eigenvalue weighted by molar-refractivity contribution is -0.139. The summed E-state index contributed by atoms with van der Waals surface area (Å²) in [4.78, 5) is 13.7. The molecule has 1 amide bonds. The summed E-state index contributed by atoms with van der Waals surface area (Å²) in [5, 5.41) is 7.70. The molecule has 1 aromatic carbocycles. The number of amides is 1. The topological polar surface area (TPSA) is 60.2 Å². The molecule has 6 nitrogen and oxygen atoms in total. The first-order chi connectivity index (χ1) is 9.74. The van der Waals surface area contributed by atoms with Gasteiger partial charge in [-0.05, 0) is 18.6 Å². The van der Waals surface area contributed by atoms with E-state index in [0.717, 1.165) is 11.3 Å². The first-order valence-corrected chi connectivity index (χ1v) is 6.56. The minimum absolute atomic E-state index is 0.00428. The molecule has 2 heterocycles. The monoisotopic (exact) mass is 272 g/mol. The Bertz CT molecular complexity index is 591. The van der Waals surface area contributed by atoms with E-state index in [1.165, 1.54) is 0 Å². The third-order valence-corrected chi connectivity index (χ3v) is 3.47. The maximum absolute atomic E-state index is 12.0. The van der Waals surface area contributed by atoms with Gasteiger partial charge in [0, 0.05) is 19.3 Å². The second-order valence-corrected chi connectivity index (χ2v) is 4.89. The number of carbonyl (C=O) groups excluding carboxylic acids is 1. The number of carbonyl (C=O) groups is 1. The van der Waals surface area contributed by atoms with Gasteiger partial charge in [-0.2, -0.15) is 0 Å². The molecule has 1 aliphatic heterocycles. The van der Waals surface area contributed by atoms with Crippen molar-refractivity contribution in [3.05, 3.63) is 42.2 Å². The molecule has 6 heteroatoms. The molecule has 3 rings (SSSR count). The van der Waals surface area contributed by atoms with Crippen molar-refractivity contribution in [3.8, 4) is 5.75 Å². The summed E-state index contributed by atoms with van der Waals surface area (Å²) in [7, 11) is 0. The van der Waals surface area contributed by atoms with Crippen LogP contribution in [0.4, 0.5) is 0 Å². The Morgan fingerprint density at radius 1 is 1.40 bits per heavy atom. The zero-order chi connectivity index (χ0) is 13.9. The number of benzene rings is 1. The summed E-state index contributed by atoms with van der Waals surface area (Å²) < 4.78 is 7.34. The molecular formula is C14H16N4O2. The first kappa shape index (κ1) is 12.7. The van der Waals surface area contributed by atoms with Gasteiger partial charge in [0.25, 0.3) is 5.91 Å². The Balaban J connectivity index is 1.48. The van der Waals surface area contributed by atoms with E-state index in [4.69, 9.17) is 4.74 Å². The molecule has 1 aromatic heterocycles. The van der Waals surface area contributed by atoms with Crippen LogP contribution >= 0.6 is 0 Å². The predicted molar refractivity (Wildman–Crippen MR) is 72.3 cm³/mol. The smallest absolute Gasteiger partial charge is 0.260 e. The fourth-order valence-electron chi connectivity index (χ4n) is 2.19. The molecule has 0 unspecified atom stereocenters. The van der Waals surface area contributed by atoms with Gasteiger partial charge in [-0.15, -0.1) is 5.10 Å². The van der Waals surface area contributed by atoms with Crippen molar-refractivity contribution in [2.24, 2.45) is 0 Å². The van der Waals surface area contributed by atoms with E-state index in [-0.39, 0.29) is 18.6 Å². The summed E-state index contributed by atoms with van der Waals surface area (Å²) in [6.07, 6.45) is 3.46. The van der Waals surface area contributed by atoms with Gasteiger partial charge in [-0.3, -0.25) is 4.79 Å². The molecule has 20 heavy (non-hydrogen) atoms. The predicted octanol–water partition coefficient (Wildman–Crippen LogP) is 1.05. The van der Waals surface area contributed by atoms with Crippen LogP contribution in [0.25, 0.3) is 0 Å².